The van der Waals surface area contributed by atoms with Gasteiger partial charge in [0.1, 0.15) is 0 Å². The van der Waals surface area contributed by atoms with Crippen LogP contribution in [0, 0.1) is 0 Å². The lowest BCUT2D eigenvalue weighted by atomic mass is 10.2. The van der Waals surface area contributed by atoms with Gasteiger partial charge in [0.2, 0.25) is 11.8 Å². The molecule has 0 radical (unpaired) electrons. The van der Waals surface area contributed by atoms with Crippen molar-refractivity contribution in [3.63, 3.8) is 0 Å². The summed E-state index contributed by atoms with van der Waals surface area (Å²) in [5.74, 6) is -0.586. The van der Waals surface area contributed by atoms with Gasteiger partial charge in [-0.25, -0.2) is 10.9 Å². The van der Waals surface area contributed by atoms with Crippen molar-refractivity contribution >= 4 is 46.9 Å². The van der Waals surface area contributed by atoms with Gasteiger partial charge in [0.05, 0.1) is 34.8 Å². The van der Waals surface area contributed by atoms with Crippen LogP contribution in [0.1, 0.15) is 18.4 Å². The number of rotatable bonds is 4. The molecule has 0 spiro atoms. The lowest BCUT2D eigenvalue weighted by Gasteiger charge is -2.00. The third kappa shape index (κ3) is 3.79. The number of benzene rings is 1. The monoisotopic (exact) mass is 312 g/mol. The smallest absolute Gasteiger partial charge is 0.245 e. The summed E-state index contributed by atoms with van der Waals surface area (Å²) in [5, 5.41) is 8.26. The minimum atomic E-state index is -0.366. The van der Waals surface area contributed by atoms with Crippen molar-refractivity contribution in [1.29, 1.82) is 0 Å². The molecule has 6 nitrogen and oxygen atoms in total. The fraction of sp³-hybridized carbons (Fsp3) is 0.167. The molecular weight excluding hydrogens is 303 g/mol. The summed E-state index contributed by atoms with van der Waals surface area (Å²) in [5.41, 5.74) is 5.67. The van der Waals surface area contributed by atoms with Gasteiger partial charge in [-0.3, -0.25) is 9.59 Å². The maximum atomic E-state index is 11.5. The molecule has 2 rings (SSSR count). The number of carbonyl (C=O) groups is 2. The molecular formula is C12H10Cl2N4O2. The van der Waals surface area contributed by atoms with Gasteiger partial charge in [0, 0.05) is 5.56 Å². The molecule has 0 saturated carbocycles. The molecule has 0 aromatic heterocycles. The Morgan fingerprint density at radius 1 is 1.50 bits per heavy atom. The van der Waals surface area contributed by atoms with Gasteiger partial charge >= 0.3 is 0 Å². The van der Waals surface area contributed by atoms with Crippen LogP contribution < -0.4 is 10.9 Å². The summed E-state index contributed by atoms with van der Waals surface area (Å²) in [6.07, 6.45) is 1.54. The zero-order valence-electron chi connectivity index (χ0n) is 10.2. The predicted octanol–water partition coefficient (Wildman–Crippen LogP) is 1.71. The summed E-state index contributed by atoms with van der Waals surface area (Å²) in [7, 11) is 0. The van der Waals surface area contributed by atoms with Crippen LogP contribution in [0.4, 0.5) is 0 Å². The van der Waals surface area contributed by atoms with Crippen LogP contribution in [0.5, 0.6) is 0 Å². The van der Waals surface area contributed by atoms with E-state index in [1.165, 1.54) is 6.21 Å². The second-order valence-corrected chi connectivity index (χ2v) is 4.79. The molecule has 1 aliphatic rings. The van der Waals surface area contributed by atoms with Gasteiger partial charge in [-0.1, -0.05) is 35.3 Å². The van der Waals surface area contributed by atoms with Crippen LogP contribution in [-0.2, 0) is 9.59 Å². The fourth-order valence-electron chi connectivity index (χ4n) is 1.53. The number of nitrogens with zero attached hydrogens (tertiary/aromatic N) is 2. The Morgan fingerprint density at radius 3 is 3.00 bits per heavy atom. The van der Waals surface area contributed by atoms with Gasteiger partial charge in [0.25, 0.3) is 0 Å². The zero-order chi connectivity index (χ0) is 14.5. The van der Waals surface area contributed by atoms with Crippen LogP contribution in [0.25, 0.3) is 0 Å². The first-order chi connectivity index (χ1) is 9.56. The zero-order valence-corrected chi connectivity index (χ0v) is 11.7. The third-order valence-electron chi connectivity index (χ3n) is 2.44. The Hall–Kier alpha value is -1.92. The average molecular weight is 313 g/mol. The maximum absolute atomic E-state index is 11.5. The Labute approximate surface area is 124 Å². The number of amides is 2. The number of nitrogens with one attached hydrogen (secondary N) is 2. The van der Waals surface area contributed by atoms with Crippen molar-refractivity contribution in [2.75, 3.05) is 0 Å². The molecule has 104 valence electrons. The van der Waals surface area contributed by atoms with Crippen molar-refractivity contribution in [2.45, 2.75) is 12.8 Å². The minimum absolute atomic E-state index is 0.0133. The van der Waals surface area contributed by atoms with E-state index >= 15 is 0 Å². The molecule has 1 aliphatic heterocycles. The topological polar surface area (TPSA) is 82.9 Å². The fourth-order valence-corrected chi connectivity index (χ4v) is 1.88. The standard InChI is InChI=1S/C12H10Cl2N4O2/c13-9-3-1-2-7(12(9)14)6-15-17-10(19)4-8-5-11(20)18-16-8/h1-3,6H,4-5H2,(H,17,19)(H,18,20). The molecule has 0 bridgehead atoms. The van der Waals surface area contributed by atoms with E-state index in [0.29, 0.717) is 21.3 Å². The number of hydrazone groups is 2. The first-order valence-electron chi connectivity index (χ1n) is 5.66. The molecule has 0 saturated heterocycles. The maximum Gasteiger partial charge on any atom is 0.245 e. The first kappa shape index (κ1) is 14.5. The average Bonchev–Trinajstić information content (AvgIpc) is 2.80. The summed E-state index contributed by atoms with van der Waals surface area (Å²) >= 11 is 11.8. The SMILES string of the molecule is O=C(CC1=NNC(=O)C1)NN=Cc1cccc(Cl)c1Cl. The second kappa shape index (κ2) is 6.49. The predicted molar refractivity (Wildman–Crippen MR) is 77.0 cm³/mol. The van der Waals surface area contributed by atoms with E-state index < -0.39 is 0 Å². The molecule has 0 aliphatic carbocycles. The number of carbonyl (C=O) groups excluding carboxylic acids is 2. The number of hydrogen-bond donors (Lipinski definition) is 2. The minimum Gasteiger partial charge on any atom is -0.273 e. The Bertz CT molecular complexity index is 613. The summed E-state index contributed by atoms with van der Waals surface area (Å²) in [4.78, 5) is 22.4. The third-order valence-corrected chi connectivity index (χ3v) is 3.28. The molecule has 1 aromatic rings. The largest absolute Gasteiger partial charge is 0.273 e. The molecule has 1 aromatic carbocycles. The second-order valence-electron chi connectivity index (χ2n) is 4.00. The van der Waals surface area contributed by atoms with Crippen molar-refractivity contribution in [3.05, 3.63) is 33.8 Å². The molecule has 0 atom stereocenters. The van der Waals surface area contributed by atoms with E-state index in [0.717, 1.165) is 0 Å². The molecule has 2 amide bonds. The molecule has 1 heterocycles. The molecule has 8 heteroatoms. The lowest BCUT2D eigenvalue weighted by Crippen LogP contribution is -2.20. The van der Waals surface area contributed by atoms with Gasteiger partial charge < -0.3 is 0 Å². The van der Waals surface area contributed by atoms with Crippen LogP contribution in [0.2, 0.25) is 10.0 Å². The van der Waals surface area contributed by atoms with E-state index in [9.17, 15) is 9.59 Å². The Kier molecular flexibility index (Phi) is 4.70. The molecule has 0 unspecified atom stereocenters. The first-order valence-corrected chi connectivity index (χ1v) is 6.42. The van der Waals surface area contributed by atoms with Gasteiger partial charge in [-0.2, -0.15) is 10.2 Å². The number of halogens is 2. The summed E-state index contributed by atoms with van der Waals surface area (Å²) in [6, 6.07) is 5.09. The highest BCUT2D eigenvalue weighted by atomic mass is 35.5. The number of hydrogen-bond acceptors (Lipinski definition) is 4. The van der Waals surface area contributed by atoms with Crippen LogP contribution in [-0.4, -0.2) is 23.7 Å². The highest BCUT2D eigenvalue weighted by Crippen LogP contribution is 2.23. The summed E-state index contributed by atoms with van der Waals surface area (Å²) < 4.78 is 0. The normalized spacial score (nSPS) is 14.3. The van der Waals surface area contributed by atoms with E-state index in [2.05, 4.69) is 21.1 Å². The van der Waals surface area contributed by atoms with E-state index in [4.69, 9.17) is 23.2 Å². The van der Waals surface area contributed by atoms with Gasteiger partial charge in [0.15, 0.2) is 0 Å². The van der Waals surface area contributed by atoms with Crippen molar-refractivity contribution < 1.29 is 9.59 Å². The van der Waals surface area contributed by atoms with Crippen molar-refractivity contribution in [3.8, 4) is 0 Å². The Balaban J connectivity index is 1.88. The van der Waals surface area contributed by atoms with Crippen LogP contribution in [0.15, 0.2) is 28.4 Å². The van der Waals surface area contributed by atoms with Crippen molar-refractivity contribution in [1.82, 2.24) is 10.9 Å². The quantitative estimate of drug-likeness (QED) is 0.655. The van der Waals surface area contributed by atoms with E-state index in [1.54, 1.807) is 18.2 Å². The molecule has 20 heavy (non-hydrogen) atoms. The van der Waals surface area contributed by atoms with Crippen LogP contribution >= 0.6 is 23.2 Å². The summed E-state index contributed by atoms with van der Waals surface area (Å²) in [6.45, 7) is 0. The van der Waals surface area contributed by atoms with E-state index in [-0.39, 0.29) is 24.7 Å². The van der Waals surface area contributed by atoms with E-state index in [1.807, 2.05) is 0 Å². The molecule has 0 fully saturated rings. The highest BCUT2D eigenvalue weighted by Gasteiger charge is 2.16. The lowest BCUT2D eigenvalue weighted by molar-refractivity contribution is -0.119. The van der Waals surface area contributed by atoms with Gasteiger partial charge in [-0.15, -0.1) is 0 Å². The van der Waals surface area contributed by atoms with Gasteiger partial charge in [-0.05, 0) is 6.07 Å². The van der Waals surface area contributed by atoms with Crippen LogP contribution in [0.3, 0.4) is 0 Å². The van der Waals surface area contributed by atoms with Crippen molar-refractivity contribution in [2.24, 2.45) is 10.2 Å². The highest BCUT2D eigenvalue weighted by molar-refractivity contribution is 6.43. The molecule has 2 N–H and O–H groups in total. The Morgan fingerprint density at radius 2 is 2.30 bits per heavy atom.